The second-order valence-electron chi connectivity index (χ2n) is 7.53. The minimum Gasteiger partial charge on any atom is -0.379 e. The first-order valence-electron chi connectivity index (χ1n) is 8.64. The van der Waals surface area contributed by atoms with Gasteiger partial charge in [-0.15, -0.1) is 0 Å². The van der Waals surface area contributed by atoms with E-state index in [9.17, 15) is 4.79 Å². The van der Waals surface area contributed by atoms with Crippen molar-refractivity contribution in [1.29, 1.82) is 5.26 Å². The molecule has 0 radical (unpaired) electrons. The van der Waals surface area contributed by atoms with Crippen LogP contribution in [0.2, 0.25) is 0 Å². The number of nitrogens with zero attached hydrogens (tertiary/aromatic N) is 2. The molecule has 1 aliphatic rings. The van der Waals surface area contributed by atoms with Gasteiger partial charge in [0.1, 0.15) is 0 Å². The van der Waals surface area contributed by atoms with Gasteiger partial charge in [0, 0.05) is 48.2 Å². The molecule has 0 unspecified atom stereocenters. The molecule has 1 heterocycles. The summed E-state index contributed by atoms with van der Waals surface area (Å²) in [6.45, 7) is 4.27. The predicted molar refractivity (Wildman–Crippen MR) is 105 cm³/mol. The number of allylic oxidation sites excluding steroid dienone is 1. The maximum Gasteiger partial charge on any atom is 0.187 e. The first-order valence-corrected chi connectivity index (χ1v) is 8.64. The van der Waals surface area contributed by atoms with Crippen LogP contribution in [0.15, 0.2) is 48.5 Å². The highest BCUT2D eigenvalue weighted by Gasteiger charge is 2.28. The molecule has 3 rings (SSSR count). The minimum absolute atomic E-state index is 0.0732. The van der Waals surface area contributed by atoms with Crippen LogP contribution in [0.4, 0.5) is 5.69 Å². The number of fused-ring (bicyclic) bond motifs is 1. The maximum absolute atomic E-state index is 12.7. The summed E-state index contributed by atoms with van der Waals surface area (Å²) in [4.78, 5) is 14.8. The lowest BCUT2D eigenvalue weighted by molar-refractivity contribution is 0.104. The molecule has 1 N–H and O–H groups in total. The standard InChI is InChI=1S/C22H23N3O/c1-22(2)13-17-9-10-18(25(3)4)11-19(17)20(24-22)12-21(26)16-7-5-15(14-23)6-8-16/h5-12,24H,13H2,1-4H3. The smallest absolute Gasteiger partial charge is 0.187 e. The molecule has 0 amide bonds. The Morgan fingerprint density at radius 3 is 2.50 bits per heavy atom. The Labute approximate surface area is 154 Å². The van der Waals surface area contributed by atoms with E-state index >= 15 is 0 Å². The van der Waals surface area contributed by atoms with Crippen molar-refractivity contribution >= 4 is 17.2 Å². The molecule has 2 aromatic rings. The number of ketones is 1. The lowest BCUT2D eigenvalue weighted by atomic mass is 9.85. The highest BCUT2D eigenvalue weighted by atomic mass is 16.1. The van der Waals surface area contributed by atoms with Crippen molar-refractivity contribution < 1.29 is 4.79 Å². The molecule has 2 aromatic carbocycles. The van der Waals surface area contributed by atoms with Crippen LogP contribution >= 0.6 is 0 Å². The van der Waals surface area contributed by atoms with Crippen molar-refractivity contribution in [3.8, 4) is 6.07 Å². The van der Waals surface area contributed by atoms with Crippen molar-refractivity contribution in [3.63, 3.8) is 0 Å². The summed E-state index contributed by atoms with van der Waals surface area (Å²) in [6.07, 6.45) is 2.57. The molecule has 0 aliphatic carbocycles. The summed E-state index contributed by atoms with van der Waals surface area (Å²) >= 11 is 0. The molecule has 0 atom stereocenters. The average Bonchev–Trinajstić information content (AvgIpc) is 2.60. The van der Waals surface area contributed by atoms with Crippen LogP contribution in [-0.2, 0) is 6.42 Å². The Bertz CT molecular complexity index is 915. The van der Waals surface area contributed by atoms with Gasteiger partial charge in [0.05, 0.1) is 11.6 Å². The molecule has 26 heavy (non-hydrogen) atoms. The molecule has 132 valence electrons. The molecular weight excluding hydrogens is 322 g/mol. The Kier molecular flexibility index (Phi) is 4.56. The number of hydrogen-bond acceptors (Lipinski definition) is 4. The van der Waals surface area contributed by atoms with Gasteiger partial charge in [-0.2, -0.15) is 5.26 Å². The summed E-state index contributed by atoms with van der Waals surface area (Å²) in [5.74, 6) is -0.0732. The SMILES string of the molecule is CN(C)c1ccc2c(c1)C(=CC(=O)c1ccc(C#N)cc1)NC(C)(C)C2. The van der Waals surface area contributed by atoms with E-state index in [1.165, 1.54) is 5.56 Å². The molecule has 4 nitrogen and oxygen atoms in total. The van der Waals surface area contributed by atoms with Gasteiger partial charge in [0.2, 0.25) is 0 Å². The molecule has 0 aromatic heterocycles. The van der Waals surface area contributed by atoms with E-state index in [-0.39, 0.29) is 11.3 Å². The number of hydrogen-bond donors (Lipinski definition) is 1. The summed E-state index contributed by atoms with van der Waals surface area (Å²) in [7, 11) is 4.01. The van der Waals surface area contributed by atoms with E-state index in [1.807, 2.05) is 14.1 Å². The van der Waals surface area contributed by atoms with Crippen molar-refractivity contribution in [2.75, 3.05) is 19.0 Å². The van der Waals surface area contributed by atoms with Crippen LogP contribution in [0.1, 0.15) is 40.9 Å². The van der Waals surface area contributed by atoms with E-state index in [0.29, 0.717) is 11.1 Å². The highest BCUT2D eigenvalue weighted by molar-refractivity contribution is 6.08. The quantitative estimate of drug-likeness (QED) is 0.679. The summed E-state index contributed by atoms with van der Waals surface area (Å²) < 4.78 is 0. The van der Waals surface area contributed by atoms with Crippen LogP contribution < -0.4 is 10.2 Å². The van der Waals surface area contributed by atoms with Crippen LogP contribution in [0.3, 0.4) is 0 Å². The number of carbonyl (C=O) groups is 1. The zero-order valence-electron chi connectivity index (χ0n) is 15.6. The van der Waals surface area contributed by atoms with Crippen molar-refractivity contribution in [2.45, 2.75) is 25.8 Å². The van der Waals surface area contributed by atoms with Crippen molar-refractivity contribution in [2.24, 2.45) is 0 Å². The third-order valence-corrected chi connectivity index (χ3v) is 4.58. The number of anilines is 1. The van der Waals surface area contributed by atoms with E-state index in [1.54, 1.807) is 30.3 Å². The Balaban J connectivity index is 2.02. The minimum atomic E-state index is -0.122. The summed E-state index contributed by atoms with van der Waals surface area (Å²) in [6, 6.07) is 15.2. The van der Waals surface area contributed by atoms with E-state index in [2.05, 4.69) is 48.3 Å². The molecule has 4 heteroatoms. The lowest BCUT2D eigenvalue weighted by Gasteiger charge is -2.36. The largest absolute Gasteiger partial charge is 0.379 e. The molecule has 1 aliphatic heterocycles. The fraction of sp³-hybridized carbons (Fsp3) is 0.273. The topological polar surface area (TPSA) is 56.1 Å². The van der Waals surface area contributed by atoms with Crippen LogP contribution in [-0.4, -0.2) is 25.4 Å². The zero-order chi connectivity index (χ0) is 18.9. The van der Waals surface area contributed by atoms with Crippen molar-refractivity contribution in [1.82, 2.24) is 5.32 Å². The van der Waals surface area contributed by atoms with E-state index in [0.717, 1.165) is 23.4 Å². The predicted octanol–water partition coefficient (Wildman–Crippen LogP) is 3.77. The van der Waals surface area contributed by atoms with Gasteiger partial charge in [-0.3, -0.25) is 4.79 Å². The molecule has 0 bridgehead atoms. The zero-order valence-corrected chi connectivity index (χ0v) is 15.6. The number of benzene rings is 2. The van der Waals surface area contributed by atoms with Crippen molar-refractivity contribution in [3.05, 3.63) is 70.8 Å². The van der Waals surface area contributed by atoms with E-state index < -0.39 is 0 Å². The fourth-order valence-corrected chi connectivity index (χ4v) is 3.24. The summed E-state index contributed by atoms with van der Waals surface area (Å²) in [5.41, 5.74) is 5.25. The van der Waals surface area contributed by atoms with Gasteiger partial charge >= 0.3 is 0 Å². The molecule has 0 saturated heterocycles. The second kappa shape index (κ2) is 6.68. The first-order chi connectivity index (χ1) is 12.3. The molecular formula is C22H23N3O. The van der Waals surface area contributed by atoms with Crippen LogP contribution in [0, 0.1) is 11.3 Å². The molecule has 0 fully saturated rings. The van der Waals surface area contributed by atoms with Crippen LogP contribution in [0.5, 0.6) is 0 Å². The maximum atomic E-state index is 12.7. The van der Waals surface area contributed by atoms with Gasteiger partial charge in [-0.1, -0.05) is 6.07 Å². The number of rotatable bonds is 3. The summed E-state index contributed by atoms with van der Waals surface area (Å²) in [5, 5.41) is 12.4. The van der Waals surface area contributed by atoms with Gasteiger partial charge in [0.15, 0.2) is 5.78 Å². The monoisotopic (exact) mass is 345 g/mol. The molecule has 0 spiro atoms. The number of nitriles is 1. The van der Waals surface area contributed by atoms with Crippen LogP contribution in [0.25, 0.3) is 5.70 Å². The Morgan fingerprint density at radius 1 is 1.19 bits per heavy atom. The fourth-order valence-electron chi connectivity index (χ4n) is 3.24. The van der Waals surface area contributed by atoms with Gasteiger partial charge in [0.25, 0.3) is 0 Å². The number of nitrogens with one attached hydrogen (secondary N) is 1. The average molecular weight is 345 g/mol. The molecule has 0 saturated carbocycles. The highest BCUT2D eigenvalue weighted by Crippen LogP contribution is 2.32. The van der Waals surface area contributed by atoms with Gasteiger partial charge in [-0.25, -0.2) is 0 Å². The Morgan fingerprint density at radius 2 is 1.88 bits per heavy atom. The van der Waals surface area contributed by atoms with E-state index in [4.69, 9.17) is 5.26 Å². The third-order valence-electron chi connectivity index (χ3n) is 4.58. The number of carbonyl (C=O) groups excluding carboxylic acids is 1. The third kappa shape index (κ3) is 3.62. The first kappa shape index (κ1) is 17.8. The lowest BCUT2D eigenvalue weighted by Crippen LogP contribution is -2.43. The van der Waals surface area contributed by atoms with Gasteiger partial charge < -0.3 is 10.2 Å². The van der Waals surface area contributed by atoms with Gasteiger partial charge in [-0.05, 0) is 62.2 Å². The second-order valence-corrected chi connectivity index (χ2v) is 7.53. The normalized spacial score (nSPS) is 16.3. The Hall–Kier alpha value is -3.06.